The van der Waals surface area contributed by atoms with E-state index < -0.39 is 12.1 Å². The van der Waals surface area contributed by atoms with Gasteiger partial charge in [0.05, 0.1) is 19.9 Å². The molecular formula is C23H20F3N5O7. The fourth-order valence-electron chi connectivity index (χ4n) is 3.57. The third-order valence-electron chi connectivity index (χ3n) is 5.23. The largest absolute Gasteiger partial charge is 0.496 e. The topological polar surface area (TPSA) is 158 Å². The molecule has 0 amide bonds. The molecule has 1 aliphatic heterocycles. The summed E-state index contributed by atoms with van der Waals surface area (Å²) in [6, 6.07) is 7.14. The zero-order valence-electron chi connectivity index (χ0n) is 20.1. The van der Waals surface area contributed by atoms with E-state index in [1.165, 1.54) is 14.2 Å². The van der Waals surface area contributed by atoms with Crippen LogP contribution in [0.2, 0.25) is 0 Å². The van der Waals surface area contributed by atoms with Gasteiger partial charge in [0, 0.05) is 5.39 Å². The number of halogens is 3. The van der Waals surface area contributed by atoms with Gasteiger partial charge in [-0.15, -0.1) is 0 Å². The normalized spacial score (nSPS) is 12.5. The van der Waals surface area contributed by atoms with Crippen LogP contribution in [-0.4, -0.2) is 69.7 Å². The first-order valence-electron chi connectivity index (χ1n) is 10.8. The summed E-state index contributed by atoms with van der Waals surface area (Å²) in [4.78, 5) is 26.6. The molecule has 3 heterocycles. The first-order chi connectivity index (χ1) is 18.0. The average molecular weight is 535 g/mol. The van der Waals surface area contributed by atoms with Crippen molar-refractivity contribution in [1.29, 1.82) is 0 Å². The number of carboxylic acid groups (broad SMARTS) is 1. The molecule has 1 aliphatic rings. The van der Waals surface area contributed by atoms with Crippen LogP contribution in [-0.2, 0) is 4.79 Å². The number of nitrogens with one attached hydrogen (secondary N) is 1. The Morgan fingerprint density at radius 3 is 2.21 bits per heavy atom. The van der Waals surface area contributed by atoms with Gasteiger partial charge in [0.25, 0.3) is 0 Å². The number of nitrogens with zero attached hydrogens (tertiary/aromatic N) is 4. The van der Waals surface area contributed by atoms with Crippen LogP contribution in [0.4, 0.5) is 25.1 Å². The summed E-state index contributed by atoms with van der Waals surface area (Å²) in [5.74, 6) is -0.536. The number of aliphatic carboxylic acids is 1. The number of fused-ring (bicyclic) bond motifs is 4. The summed E-state index contributed by atoms with van der Waals surface area (Å²) >= 11 is 0. The number of aryl methyl sites for hydroxylation is 1. The number of hydrogen-bond acceptors (Lipinski definition) is 11. The highest BCUT2D eigenvalue weighted by molar-refractivity contribution is 5.95. The highest BCUT2D eigenvalue weighted by Gasteiger charge is 2.38. The Hall–Kier alpha value is -4.82. The van der Waals surface area contributed by atoms with Gasteiger partial charge < -0.3 is 29.2 Å². The van der Waals surface area contributed by atoms with E-state index >= 15 is 0 Å². The van der Waals surface area contributed by atoms with Gasteiger partial charge in [0.1, 0.15) is 41.1 Å². The van der Waals surface area contributed by atoms with Crippen molar-refractivity contribution in [3.05, 3.63) is 30.0 Å². The fourth-order valence-corrected chi connectivity index (χ4v) is 3.57. The summed E-state index contributed by atoms with van der Waals surface area (Å²) in [6.07, 6.45) is -5.08. The molecule has 0 saturated heterocycles. The lowest BCUT2D eigenvalue weighted by Crippen LogP contribution is -2.21. The van der Waals surface area contributed by atoms with Crippen molar-refractivity contribution in [2.24, 2.45) is 0 Å². The summed E-state index contributed by atoms with van der Waals surface area (Å²) in [6.45, 7) is 2.81. The lowest BCUT2D eigenvalue weighted by atomic mass is 10.1. The highest BCUT2D eigenvalue weighted by Crippen LogP contribution is 2.39. The number of alkyl halides is 3. The minimum Gasteiger partial charge on any atom is -0.496 e. The third kappa shape index (κ3) is 5.16. The van der Waals surface area contributed by atoms with Crippen molar-refractivity contribution >= 4 is 39.7 Å². The smallest absolute Gasteiger partial charge is 0.490 e. The van der Waals surface area contributed by atoms with Crippen molar-refractivity contribution in [2.45, 2.75) is 13.1 Å². The van der Waals surface area contributed by atoms with E-state index in [1.807, 2.05) is 19.1 Å². The minimum absolute atomic E-state index is 0.109. The molecule has 0 spiro atoms. The van der Waals surface area contributed by atoms with E-state index in [9.17, 15) is 18.3 Å². The Kier molecular flexibility index (Phi) is 7.10. The van der Waals surface area contributed by atoms with Crippen molar-refractivity contribution in [3.8, 4) is 28.9 Å². The molecule has 12 nitrogen and oxygen atoms in total. The van der Waals surface area contributed by atoms with Gasteiger partial charge in [0.2, 0.25) is 17.8 Å². The molecule has 0 atom stereocenters. The van der Waals surface area contributed by atoms with Crippen LogP contribution in [0.15, 0.2) is 24.3 Å². The molecule has 0 fully saturated rings. The number of carbonyl (C=O) groups is 1. The molecule has 0 bridgehead atoms. The quantitative estimate of drug-likeness (QED) is 0.348. The fraction of sp³-hybridized carbons (Fsp3) is 0.261. The van der Waals surface area contributed by atoms with Crippen molar-refractivity contribution in [2.75, 3.05) is 32.8 Å². The lowest BCUT2D eigenvalue weighted by Gasteiger charge is -2.20. The first kappa shape index (κ1) is 26.2. The second-order valence-electron chi connectivity index (χ2n) is 7.61. The molecular weight excluding hydrogens is 515 g/mol. The van der Waals surface area contributed by atoms with Gasteiger partial charge >= 0.3 is 12.1 Å². The van der Waals surface area contributed by atoms with E-state index in [0.717, 1.165) is 11.1 Å². The molecule has 3 N–H and O–H groups in total. The number of carboxylic acids is 1. The van der Waals surface area contributed by atoms with Crippen LogP contribution in [0.5, 0.6) is 28.9 Å². The molecule has 0 aliphatic carbocycles. The number of methoxy groups -OCH3 is 2. The SMILES string of the molecule is COc1ccc(OC)c2c(O)nc(Nc3nc(C)c4ccc5c(c4n3)OCCO5)nc12.O=C(O)C(F)(F)F. The molecule has 0 radical (unpaired) electrons. The second kappa shape index (κ2) is 10.3. The molecule has 0 unspecified atom stereocenters. The maximum atomic E-state index is 10.6. The number of aromatic nitrogens is 4. The Labute approximate surface area is 212 Å². The zero-order valence-corrected chi connectivity index (χ0v) is 20.1. The van der Waals surface area contributed by atoms with Gasteiger partial charge in [-0.1, -0.05) is 0 Å². The standard InChI is InChI=1S/C21H19N5O5.C2HF3O2/c1-10-11-4-5-14-18(31-9-8-30-14)16(11)23-20(22-10)26-21-24-17-13(29-3)7-6-12(28-2)15(17)19(27)25-21;3-2(4,5)1(6)7/h4-7H,8-9H2,1-3H3,(H2,22,23,24,25,26,27);(H,6,7). The summed E-state index contributed by atoms with van der Waals surface area (Å²) < 4.78 is 53.9. The third-order valence-corrected chi connectivity index (χ3v) is 5.23. The van der Waals surface area contributed by atoms with Crippen LogP contribution in [0.1, 0.15) is 5.69 Å². The van der Waals surface area contributed by atoms with E-state index in [0.29, 0.717) is 52.6 Å². The zero-order chi connectivity index (χ0) is 27.6. The number of aromatic hydroxyl groups is 1. The molecule has 38 heavy (non-hydrogen) atoms. The van der Waals surface area contributed by atoms with Crippen molar-refractivity contribution in [3.63, 3.8) is 0 Å². The monoisotopic (exact) mass is 535 g/mol. The van der Waals surface area contributed by atoms with Crippen LogP contribution >= 0.6 is 0 Å². The number of ether oxygens (including phenoxy) is 4. The average Bonchev–Trinajstić information content (AvgIpc) is 2.87. The maximum Gasteiger partial charge on any atom is 0.490 e. The molecule has 0 saturated carbocycles. The lowest BCUT2D eigenvalue weighted by molar-refractivity contribution is -0.192. The number of benzene rings is 2. The first-order valence-corrected chi connectivity index (χ1v) is 10.8. The van der Waals surface area contributed by atoms with E-state index in [2.05, 4.69) is 25.3 Å². The predicted octanol–water partition coefficient (Wildman–Crippen LogP) is 3.75. The summed E-state index contributed by atoms with van der Waals surface area (Å²) in [7, 11) is 3.03. The second-order valence-corrected chi connectivity index (χ2v) is 7.61. The maximum absolute atomic E-state index is 10.6. The number of rotatable bonds is 4. The van der Waals surface area contributed by atoms with Gasteiger partial charge in [-0.3, -0.25) is 5.32 Å². The minimum atomic E-state index is -5.08. The summed E-state index contributed by atoms with van der Waals surface area (Å²) in [5.41, 5.74) is 1.76. The van der Waals surface area contributed by atoms with Crippen LogP contribution < -0.4 is 24.3 Å². The molecule has 15 heteroatoms. The van der Waals surface area contributed by atoms with Gasteiger partial charge in [-0.05, 0) is 31.2 Å². The number of hydrogen-bond donors (Lipinski definition) is 3. The van der Waals surface area contributed by atoms with Crippen LogP contribution in [0.3, 0.4) is 0 Å². The Balaban J connectivity index is 0.000000426. The van der Waals surface area contributed by atoms with Gasteiger partial charge in [0.15, 0.2) is 11.5 Å². The molecule has 2 aromatic heterocycles. The molecule has 200 valence electrons. The molecule has 5 rings (SSSR count). The van der Waals surface area contributed by atoms with E-state index in [4.69, 9.17) is 28.8 Å². The van der Waals surface area contributed by atoms with Crippen LogP contribution in [0, 0.1) is 6.92 Å². The van der Waals surface area contributed by atoms with E-state index in [-0.39, 0.29) is 17.8 Å². The van der Waals surface area contributed by atoms with E-state index in [1.54, 1.807) is 12.1 Å². The highest BCUT2D eigenvalue weighted by atomic mass is 19.4. The predicted molar refractivity (Wildman–Crippen MR) is 127 cm³/mol. The number of anilines is 2. The summed E-state index contributed by atoms with van der Waals surface area (Å²) in [5, 5.41) is 21.8. The van der Waals surface area contributed by atoms with Crippen molar-refractivity contribution in [1.82, 2.24) is 19.9 Å². The van der Waals surface area contributed by atoms with Crippen molar-refractivity contribution < 1.29 is 47.1 Å². The molecule has 2 aromatic carbocycles. The Bertz CT molecular complexity index is 1520. The Morgan fingerprint density at radius 2 is 1.55 bits per heavy atom. The molecule has 4 aromatic rings. The van der Waals surface area contributed by atoms with Gasteiger partial charge in [-0.25, -0.2) is 19.7 Å². The van der Waals surface area contributed by atoms with Crippen LogP contribution in [0.25, 0.3) is 21.8 Å². The van der Waals surface area contributed by atoms with Gasteiger partial charge in [-0.2, -0.15) is 18.2 Å². The Morgan fingerprint density at radius 1 is 0.947 bits per heavy atom.